The molecule has 1 unspecified atom stereocenters. The van der Waals surface area contributed by atoms with Crippen molar-refractivity contribution >= 4 is 5.97 Å². The highest BCUT2D eigenvalue weighted by Gasteiger charge is 2.31. The SMILES string of the molecule is Cc1cccc(C)c1OCC(=O)Oc1ccc2c(c1)OC(N)=C(C#N)C2c1ccc(C(C)(C)C)cc1. The van der Waals surface area contributed by atoms with Crippen LogP contribution < -0.4 is 19.9 Å². The lowest BCUT2D eigenvalue weighted by atomic mass is 9.81. The molecule has 0 aromatic heterocycles. The average Bonchev–Trinajstić information content (AvgIpc) is 2.82. The summed E-state index contributed by atoms with van der Waals surface area (Å²) in [5, 5.41) is 9.82. The Morgan fingerprint density at radius 3 is 2.33 bits per heavy atom. The molecule has 3 aromatic rings. The van der Waals surface area contributed by atoms with E-state index in [9.17, 15) is 10.1 Å². The maximum atomic E-state index is 12.5. The number of carbonyl (C=O) groups excluding carboxylic acids is 1. The van der Waals surface area contributed by atoms with Crippen LogP contribution in [0.1, 0.15) is 54.5 Å². The van der Waals surface area contributed by atoms with Gasteiger partial charge in [-0.25, -0.2) is 4.79 Å². The number of hydrogen-bond donors (Lipinski definition) is 1. The van der Waals surface area contributed by atoms with E-state index in [0.717, 1.165) is 22.3 Å². The molecule has 0 amide bonds. The van der Waals surface area contributed by atoms with Gasteiger partial charge in [-0.3, -0.25) is 0 Å². The number of nitrogens with zero attached hydrogens (tertiary/aromatic N) is 1. The standard InChI is InChI=1S/C30H30N2O4/c1-18-7-6-8-19(2)28(18)34-17-26(33)35-22-13-14-23-25(15-22)36-29(32)24(16-31)27(23)20-9-11-21(12-10-20)30(3,4)5/h6-15,27H,17,32H2,1-5H3. The summed E-state index contributed by atoms with van der Waals surface area (Å²) < 4.78 is 17.0. The third kappa shape index (κ3) is 5.06. The number of rotatable bonds is 5. The van der Waals surface area contributed by atoms with Crippen LogP contribution in [-0.4, -0.2) is 12.6 Å². The Hall–Kier alpha value is -4.24. The number of nitrogens with two attached hydrogens (primary N) is 1. The zero-order chi connectivity index (χ0) is 26.0. The largest absolute Gasteiger partial charge is 0.481 e. The topological polar surface area (TPSA) is 94.6 Å². The van der Waals surface area contributed by atoms with Gasteiger partial charge in [-0.15, -0.1) is 0 Å². The maximum absolute atomic E-state index is 12.5. The Kier molecular flexibility index (Phi) is 6.76. The van der Waals surface area contributed by atoms with E-state index >= 15 is 0 Å². The molecule has 1 atom stereocenters. The highest BCUT2D eigenvalue weighted by molar-refractivity contribution is 5.74. The van der Waals surface area contributed by atoms with Gasteiger partial charge in [0.05, 0.1) is 5.92 Å². The van der Waals surface area contributed by atoms with Gasteiger partial charge in [0.25, 0.3) is 0 Å². The van der Waals surface area contributed by atoms with Crippen LogP contribution in [0.3, 0.4) is 0 Å². The third-order valence-electron chi connectivity index (χ3n) is 6.28. The number of para-hydroxylation sites is 1. The first-order chi connectivity index (χ1) is 17.1. The fourth-order valence-electron chi connectivity index (χ4n) is 4.34. The summed E-state index contributed by atoms with van der Waals surface area (Å²) in [5.74, 6) is 0.535. The molecular formula is C30H30N2O4. The molecule has 3 aromatic carbocycles. The predicted molar refractivity (Wildman–Crippen MR) is 138 cm³/mol. The van der Waals surface area contributed by atoms with E-state index in [2.05, 4.69) is 39.0 Å². The molecule has 0 spiro atoms. The van der Waals surface area contributed by atoms with Crippen LogP contribution in [0.15, 0.2) is 72.1 Å². The Balaban J connectivity index is 1.56. The quantitative estimate of drug-likeness (QED) is 0.365. The molecule has 36 heavy (non-hydrogen) atoms. The van der Waals surface area contributed by atoms with E-state index in [1.165, 1.54) is 5.56 Å². The first-order valence-electron chi connectivity index (χ1n) is 11.8. The number of aryl methyl sites for hydroxylation is 2. The van der Waals surface area contributed by atoms with Gasteiger partial charge in [0, 0.05) is 11.6 Å². The summed E-state index contributed by atoms with van der Waals surface area (Å²) in [7, 11) is 0. The molecule has 6 nitrogen and oxygen atoms in total. The number of carbonyl (C=O) groups is 1. The summed E-state index contributed by atoms with van der Waals surface area (Å²) in [6.07, 6.45) is 0. The molecule has 1 aliphatic heterocycles. The smallest absolute Gasteiger partial charge is 0.349 e. The summed E-state index contributed by atoms with van der Waals surface area (Å²) in [5.41, 5.74) is 11.3. The van der Waals surface area contributed by atoms with Crippen LogP contribution in [0.25, 0.3) is 0 Å². The molecule has 0 radical (unpaired) electrons. The minimum Gasteiger partial charge on any atom is -0.481 e. The van der Waals surface area contributed by atoms with Crippen molar-refractivity contribution in [3.05, 3.63) is 99.9 Å². The molecule has 4 rings (SSSR count). The number of esters is 1. The van der Waals surface area contributed by atoms with Gasteiger partial charge in [-0.2, -0.15) is 5.26 Å². The molecule has 0 bridgehead atoms. The molecule has 184 valence electrons. The number of fused-ring (bicyclic) bond motifs is 1. The van der Waals surface area contributed by atoms with Crippen molar-refractivity contribution in [1.82, 2.24) is 0 Å². The monoisotopic (exact) mass is 482 g/mol. The van der Waals surface area contributed by atoms with Crippen LogP contribution in [0.5, 0.6) is 17.2 Å². The number of ether oxygens (including phenoxy) is 3. The molecule has 1 heterocycles. The van der Waals surface area contributed by atoms with Crippen molar-refractivity contribution in [1.29, 1.82) is 5.26 Å². The van der Waals surface area contributed by atoms with E-state index in [4.69, 9.17) is 19.9 Å². The zero-order valence-corrected chi connectivity index (χ0v) is 21.2. The third-order valence-corrected chi connectivity index (χ3v) is 6.28. The second-order valence-corrected chi connectivity index (χ2v) is 9.98. The molecule has 0 aliphatic carbocycles. The Morgan fingerprint density at radius 2 is 1.72 bits per heavy atom. The summed E-state index contributed by atoms with van der Waals surface area (Å²) in [4.78, 5) is 12.5. The molecule has 0 fully saturated rings. The first kappa shape index (κ1) is 24.9. The van der Waals surface area contributed by atoms with Crippen molar-refractivity contribution in [2.24, 2.45) is 5.73 Å². The van der Waals surface area contributed by atoms with Gasteiger partial charge in [-0.05, 0) is 47.6 Å². The molecule has 6 heteroatoms. The van der Waals surface area contributed by atoms with Crippen LogP contribution in [0, 0.1) is 25.2 Å². The highest BCUT2D eigenvalue weighted by Crippen LogP contribution is 2.43. The van der Waals surface area contributed by atoms with E-state index in [0.29, 0.717) is 22.8 Å². The summed E-state index contributed by atoms with van der Waals surface area (Å²) >= 11 is 0. The Morgan fingerprint density at radius 1 is 1.06 bits per heavy atom. The summed E-state index contributed by atoms with van der Waals surface area (Å²) in [6.45, 7) is 10.1. The van der Waals surface area contributed by atoms with Crippen molar-refractivity contribution < 1.29 is 19.0 Å². The Labute approximate surface area is 211 Å². The average molecular weight is 483 g/mol. The Bertz CT molecular complexity index is 1360. The van der Waals surface area contributed by atoms with E-state index in [-0.39, 0.29) is 23.8 Å². The molecule has 0 saturated carbocycles. The predicted octanol–water partition coefficient (Wildman–Crippen LogP) is 5.80. The molecular weight excluding hydrogens is 452 g/mol. The lowest BCUT2D eigenvalue weighted by Crippen LogP contribution is -2.22. The normalized spacial score (nSPS) is 14.9. The number of benzene rings is 3. The first-order valence-corrected chi connectivity index (χ1v) is 11.8. The minimum atomic E-state index is -0.538. The van der Waals surface area contributed by atoms with Gasteiger partial charge < -0.3 is 19.9 Å². The fraction of sp³-hybridized carbons (Fsp3) is 0.267. The molecule has 2 N–H and O–H groups in total. The van der Waals surface area contributed by atoms with Gasteiger partial charge >= 0.3 is 5.97 Å². The lowest BCUT2D eigenvalue weighted by molar-refractivity contribution is -0.136. The van der Waals surface area contributed by atoms with Gasteiger partial charge in [0.2, 0.25) is 5.88 Å². The van der Waals surface area contributed by atoms with Crippen molar-refractivity contribution in [3.8, 4) is 23.3 Å². The van der Waals surface area contributed by atoms with E-state index < -0.39 is 5.97 Å². The number of hydrogen-bond acceptors (Lipinski definition) is 6. The molecule has 1 aliphatic rings. The van der Waals surface area contributed by atoms with Gasteiger partial charge in [0.1, 0.15) is 28.9 Å². The van der Waals surface area contributed by atoms with Crippen molar-refractivity contribution in [3.63, 3.8) is 0 Å². The second kappa shape index (κ2) is 9.79. The highest BCUT2D eigenvalue weighted by atomic mass is 16.6. The lowest BCUT2D eigenvalue weighted by Gasteiger charge is -2.27. The van der Waals surface area contributed by atoms with Crippen LogP contribution >= 0.6 is 0 Å². The fourth-order valence-corrected chi connectivity index (χ4v) is 4.34. The number of allylic oxidation sites excluding steroid dienone is 1. The second-order valence-electron chi connectivity index (χ2n) is 9.98. The van der Waals surface area contributed by atoms with E-state index in [1.54, 1.807) is 18.2 Å². The van der Waals surface area contributed by atoms with Gasteiger partial charge in [-0.1, -0.05) is 69.3 Å². The minimum absolute atomic E-state index is 0.0133. The van der Waals surface area contributed by atoms with Crippen molar-refractivity contribution in [2.75, 3.05) is 6.61 Å². The molecule has 0 saturated heterocycles. The van der Waals surface area contributed by atoms with Crippen LogP contribution in [-0.2, 0) is 10.2 Å². The van der Waals surface area contributed by atoms with Crippen molar-refractivity contribution in [2.45, 2.75) is 46.0 Å². The van der Waals surface area contributed by atoms with Crippen LogP contribution in [0.4, 0.5) is 0 Å². The van der Waals surface area contributed by atoms with E-state index in [1.807, 2.05) is 44.2 Å². The summed E-state index contributed by atoms with van der Waals surface area (Å²) in [6, 6.07) is 21.3. The van der Waals surface area contributed by atoms with Gasteiger partial charge in [0.15, 0.2) is 6.61 Å². The van der Waals surface area contributed by atoms with Crippen LogP contribution in [0.2, 0.25) is 0 Å². The zero-order valence-electron chi connectivity index (χ0n) is 21.2. The maximum Gasteiger partial charge on any atom is 0.349 e. The number of nitriles is 1.